The van der Waals surface area contributed by atoms with Crippen LogP contribution in [0.1, 0.15) is 22.8 Å². The predicted octanol–water partition coefficient (Wildman–Crippen LogP) is 1.55. The van der Waals surface area contributed by atoms with Gasteiger partial charge in [0.1, 0.15) is 36.4 Å². The lowest BCUT2D eigenvalue weighted by Gasteiger charge is -2.39. The molecule has 12 heteroatoms. The van der Waals surface area contributed by atoms with Crippen LogP contribution >= 0.6 is 0 Å². The van der Waals surface area contributed by atoms with E-state index in [1.54, 1.807) is 18.2 Å². The Balaban J connectivity index is 1.50. The van der Waals surface area contributed by atoms with E-state index >= 15 is 0 Å². The minimum Gasteiger partial charge on any atom is -0.507 e. The van der Waals surface area contributed by atoms with E-state index in [0.29, 0.717) is 44.9 Å². The lowest BCUT2D eigenvalue weighted by atomic mass is 9.88. The molecule has 4 aliphatic heterocycles. The maximum Gasteiger partial charge on any atom is 0.339 e. The number of rotatable bonds is 3. The quantitative estimate of drug-likeness (QED) is 0.365. The number of phenols is 1. The van der Waals surface area contributed by atoms with Crippen LogP contribution < -0.4 is 23.7 Å². The van der Waals surface area contributed by atoms with E-state index in [1.807, 2.05) is 0 Å². The first kappa shape index (κ1) is 23.2. The molecule has 4 aliphatic rings. The van der Waals surface area contributed by atoms with Gasteiger partial charge < -0.3 is 53.6 Å². The molecule has 0 aromatic heterocycles. The smallest absolute Gasteiger partial charge is 0.339 e. The molecule has 3 aromatic carbocycles. The fourth-order valence-corrected chi connectivity index (χ4v) is 5.30. The molecule has 12 nitrogen and oxygen atoms in total. The third kappa shape index (κ3) is 3.21. The second-order valence-corrected chi connectivity index (χ2v) is 9.38. The molecular weight excluding hydrogens is 504 g/mol. The van der Waals surface area contributed by atoms with Crippen LogP contribution in [0.15, 0.2) is 24.3 Å². The van der Waals surface area contributed by atoms with Crippen molar-refractivity contribution in [2.24, 2.45) is 0 Å². The minimum atomic E-state index is -1.59. The van der Waals surface area contributed by atoms with Gasteiger partial charge in [-0.3, -0.25) is 0 Å². The molecule has 0 unspecified atom stereocenters. The average molecular weight is 526 g/mol. The van der Waals surface area contributed by atoms with Gasteiger partial charge in [-0.15, -0.1) is 0 Å². The van der Waals surface area contributed by atoms with E-state index < -0.39 is 36.7 Å². The van der Waals surface area contributed by atoms with E-state index in [4.69, 9.17) is 33.2 Å². The van der Waals surface area contributed by atoms with Gasteiger partial charge >= 0.3 is 5.97 Å². The molecule has 0 spiro atoms. The number of fused-ring (bicyclic) bond motifs is 5. The number of esters is 1. The standard InChI is InChI=1S/C26H22O12/c1-9-20(28)21(29)22(30)26(37-9)38-23-10-2-3-14-24(36-8-33-14)18(10)17(19-12(23)6-32-25(19)31)11-4-15-16(5-13(11)27)35-7-34-15/h2-5,9,20-22,26-30H,6-8H2,1H3/t9-,20-,21+,22+,26-/m0/s1. The number of carbonyl (C=O) groups excluding carboxylic acids is 1. The lowest BCUT2D eigenvalue weighted by Crippen LogP contribution is -2.58. The number of hydrogen-bond donors (Lipinski definition) is 4. The van der Waals surface area contributed by atoms with E-state index in [1.165, 1.54) is 13.0 Å². The summed E-state index contributed by atoms with van der Waals surface area (Å²) in [5.74, 6) is 0.800. The summed E-state index contributed by atoms with van der Waals surface area (Å²) in [4.78, 5) is 13.2. The topological polar surface area (TPSA) is 163 Å². The van der Waals surface area contributed by atoms with E-state index in [0.717, 1.165) is 0 Å². The molecule has 0 amide bonds. The molecule has 4 heterocycles. The van der Waals surface area contributed by atoms with Crippen molar-refractivity contribution in [1.29, 1.82) is 0 Å². The molecule has 0 aliphatic carbocycles. The Kier molecular flexibility index (Phi) is 5.04. The van der Waals surface area contributed by atoms with Crippen molar-refractivity contribution >= 4 is 16.7 Å². The minimum absolute atomic E-state index is 0.0130. The molecule has 38 heavy (non-hydrogen) atoms. The highest BCUT2D eigenvalue weighted by Gasteiger charge is 2.45. The molecule has 4 N–H and O–H groups in total. The molecule has 5 atom stereocenters. The summed E-state index contributed by atoms with van der Waals surface area (Å²) in [5.41, 5.74) is 1.05. The first-order valence-corrected chi connectivity index (χ1v) is 11.9. The summed E-state index contributed by atoms with van der Waals surface area (Å²) in [6.45, 7) is 1.30. The van der Waals surface area contributed by atoms with E-state index in [2.05, 4.69) is 0 Å². The van der Waals surface area contributed by atoms with Crippen molar-refractivity contribution in [1.82, 2.24) is 0 Å². The van der Waals surface area contributed by atoms with Crippen LogP contribution in [0, 0.1) is 0 Å². The fraction of sp³-hybridized carbons (Fsp3) is 0.346. The largest absolute Gasteiger partial charge is 0.507 e. The van der Waals surface area contributed by atoms with Crippen molar-refractivity contribution in [3.05, 3.63) is 35.4 Å². The molecule has 1 fully saturated rings. The Morgan fingerprint density at radius 2 is 1.61 bits per heavy atom. The Hall–Kier alpha value is -3.97. The molecule has 0 saturated carbocycles. The van der Waals surface area contributed by atoms with E-state index in [-0.39, 0.29) is 42.8 Å². The van der Waals surface area contributed by atoms with Crippen LogP contribution in [0.3, 0.4) is 0 Å². The van der Waals surface area contributed by atoms with Gasteiger partial charge in [-0.25, -0.2) is 4.79 Å². The van der Waals surface area contributed by atoms with Gasteiger partial charge in [-0.1, -0.05) is 0 Å². The maximum atomic E-state index is 13.2. The number of cyclic esters (lactones) is 1. The highest BCUT2D eigenvalue weighted by atomic mass is 16.7. The number of hydrogen-bond acceptors (Lipinski definition) is 12. The number of benzene rings is 3. The first-order chi connectivity index (χ1) is 18.3. The number of phenolic OH excluding ortho intramolecular Hbond substituents is 1. The van der Waals surface area contributed by atoms with Crippen molar-refractivity contribution < 1.29 is 58.4 Å². The van der Waals surface area contributed by atoms with Crippen LogP contribution in [0.2, 0.25) is 0 Å². The number of ether oxygens (including phenoxy) is 7. The van der Waals surface area contributed by atoms with Crippen LogP contribution in [0.25, 0.3) is 21.9 Å². The van der Waals surface area contributed by atoms with Crippen molar-refractivity contribution in [3.8, 4) is 45.6 Å². The maximum absolute atomic E-state index is 13.2. The number of aliphatic hydroxyl groups is 3. The van der Waals surface area contributed by atoms with Gasteiger partial charge in [-0.05, 0) is 25.1 Å². The van der Waals surface area contributed by atoms with Crippen molar-refractivity contribution in [3.63, 3.8) is 0 Å². The Morgan fingerprint density at radius 3 is 2.42 bits per heavy atom. The fourth-order valence-electron chi connectivity index (χ4n) is 5.30. The molecule has 0 radical (unpaired) electrons. The highest BCUT2D eigenvalue weighted by Crippen LogP contribution is 2.54. The number of aliphatic hydroxyl groups excluding tert-OH is 3. The summed E-state index contributed by atoms with van der Waals surface area (Å²) in [5, 5.41) is 42.9. The normalized spacial score (nSPS) is 26.9. The monoisotopic (exact) mass is 526 g/mol. The lowest BCUT2D eigenvalue weighted by molar-refractivity contribution is -0.268. The second kappa shape index (κ2) is 8.27. The summed E-state index contributed by atoms with van der Waals surface area (Å²) >= 11 is 0. The second-order valence-electron chi connectivity index (χ2n) is 9.38. The third-order valence-electron chi connectivity index (χ3n) is 7.21. The Bertz CT molecular complexity index is 1500. The van der Waals surface area contributed by atoms with Gasteiger partial charge in [0, 0.05) is 33.5 Å². The van der Waals surface area contributed by atoms with Gasteiger partial charge in [0.15, 0.2) is 23.0 Å². The number of aromatic hydroxyl groups is 1. The SMILES string of the molecule is C[C@@H]1O[C@@H](Oc2c3c(c(-c4cc5c(cc4O)OCO5)c4c5c(ccc24)OCO5)C(=O)OC3)[C@H](O)[C@H](O)[C@H]1O. The first-order valence-electron chi connectivity index (χ1n) is 11.9. The number of carbonyl (C=O) groups is 1. The van der Waals surface area contributed by atoms with Crippen molar-refractivity contribution in [2.75, 3.05) is 13.6 Å². The van der Waals surface area contributed by atoms with Crippen LogP contribution in [-0.4, -0.2) is 70.7 Å². The Labute approximate surface area is 214 Å². The summed E-state index contributed by atoms with van der Waals surface area (Å²) < 4.78 is 39.5. The summed E-state index contributed by atoms with van der Waals surface area (Å²) in [7, 11) is 0. The van der Waals surface area contributed by atoms with Crippen molar-refractivity contribution in [2.45, 2.75) is 44.2 Å². The third-order valence-corrected chi connectivity index (χ3v) is 7.21. The molecule has 0 bridgehead atoms. The molecule has 198 valence electrons. The van der Waals surface area contributed by atoms with Gasteiger partial charge in [0.2, 0.25) is 19.9 Å². The highest BCUT2D eigenvalue weighted by molar-refractivity contribution is 6.16. The van der Waals surface area contributed by atoms with Gasteiger partial charge in [-0.2, -0.15) is 0 Å². The van der Waals surface area contributed by atoms with Gasteiger partial charge in [0.25, 0.3) is 0 Å². The zero-order valence-corrected chi connectivity index (χ0v) is 19.9. The molecule has 7 rings (SSSR count). The average Bonchev–Trinajstić information content (AvgIpc) is 3.65. The van der Waals surface area contributed by atoms with Crippen LogP contribution in [0.4, 0.5) is 0 Å². The summed E-state index contributed by atoms with van der Waals surface area (Å²) in [6.07, 6.45) is -6.64. The van der Waals surface area contributed by atoms with Gasteiger partial charge in [0.05, 0.1) is 11.7 Å². The molecule has 1 saturated heterocycles. The van der Waals surface area contributed by atoms with E-state index in [9.17, 15) is 25.2 Å². The van der Waals surface area contributed by atoms with Crippen LogP contribution in [-0.2, 0) is 16.1 Å². The van der Waals surface area contributed by atoms with Crippen LogP contribution in [0.5, 0.6) is 34.5 Å². The molecule has 3 aromatic rings. The Morgan fingerprint density at radius 1 is 0.868 bits per heavy atom. The zero-order chi connectivity index (χ0) is 26.3. The molecular formula is C26H22O12. The zero-order valence-electron chi connectivity index (χ0n) is 19.9. The predicted molar refractivity (Wildman–Crippen MR) is 125 cm³/mol. The summed E-state index contributed by atoms with van der Waals surface area (Å²) in [6, 6.07) is 6.34.